The number of carbonyl (C=O) groups excluding carboxylic acids is 2. The van der Waals surface area contributed by atoms with Crippen molar-refractivity contribution in [2.24, 2.45) is 5.92 Å². The molecule has 0 spiro atoms. The van der Waals surface area contributed by atoms with Crippen molar-refractivity contribution in [2.75, 3.05) is 19.7 Å². The van der Waals surface area contributed by atoms with Crippen molar-refractivity contribution in [3.63, 3.8) is 0 Å². The van der Waals surface area contributed by atoms with E-state index in [4.69, 9.17) is 4.74 Å². The van der Waals surface area contributed by atoms with Gasteiger partial charge in [0.1, 0.15) is 6.54 Å². The number of ether oxygens (including phenoxy) is 1. The van der Waals surface area contributed by atoms with Crippen LogP contribution in [0.1, 0.15) is 40.5 Å². The first kappa shape index (κ1) is 14.9. The minimum absolute atomic E-state index is 0.0269. The van der Waals surface area contributed by atoms with Crippen LogP contribution in [0.3, 0.4) is 0 Å². The zero-order chi connectivity index (χ0) is 12.6. The van der Waals surface area contributed by atoms with E-state index in [-0.39, 0.29) is 24.3 Å². The normalized spacial score (nSPS) is 12.0. The summed E-state index contributed by atoms with van der Waals surface area (Å²) in [4.78, 5) is 24.8. The van der Waals surface area contributed by atoms with E-state index < -0.39 is 0 Å². The van der Waals surface area contributed by atoms with Crippen LogP contribution < -0.4 is 0 Å². The molecule has 16 heavy (non-hydrogen) atoms. The van der Waals surface area contributed by atoms with Crippen LogP contribution in [0.25, 0.3) is 0 Å². The van der Waals surface area contributed by atoms with E-state index >= 15 is 0 Å². The third-order valence-corrected chi connectivity index (χ3v) is 2.46. The van der Waals surface area contributed by atoms with E-state index in [2.05, 4.69) is 0 Å². The predicted molar refractivity (Wildman–Crippen MR) is 63.0 cm³/mol. The fraction of sp³-hybridized carbons (Fsp3) is 0.833. The maximum Gasteiger partial charge on any atom is 0.325 e. The van der Waals surface area contributed by atoms with Crippen LogP contribution in [0, 0.1) is 5.92 Å². The molecule has 0 bridgehead atoms. The van der Waals surface area contributed by atoms with Gasteiger partial charge in [0.15, 0.2) is 0 Å². The fourth-order valence-corrected chi connectivity index (χ4v) is 1.39. The van der Waals surface area contributed by atoms with Gasteiger partial charge in [0.05, 0.1) is 6.61 Å². The molecule has 0 aromatic heterocycles. The molecule has 0 aliphatic rings. The van der Waals surface area contributed by atoms with E-state index in [1.54, 1.807) is 11.8 Å². The third kappa shape index (κ3) is 5.14. The molecule has 0 aliphatic carbocycles. The van der Waals surface area contributed by atoms with E-state index in [1.807, 2.05) is 20.8 Å². The first-order chi connectivity index (χ1) is 7.56. The average molecular weight is 229 g/mol. The topological polar surface area (TPSA) is 46.6 Å². The Kier molecular flexibility index (Phi) is 7.60. The van der Waals surface area contributed by atoms with Crippen LogP contribution in [0.4, 0.5) is 0 Å². The van der Waals surface area contributed by atoms with Crippen molar-refractivity contribution in [2.45, 2.75) is 40.5 Å². The van der Waals surface area contributed by atoms with Gasteiger partial charge in [0.2, 0.25) is 5.91 Å². The largest absolute Gasteiger partial charge is 0.465 e. The van der Waals surface area contributed by atoms with E-state index in [1.165, 1.54) is 0 Å². The molecule has 0 aromatic carbocycles. The van der Waals surface area contributed by atoms with Gasteiger partial charge in [-0.1, -0.05) is 20.8 Å². The Labute approximate surface area is 98.0 Å². The summed E-state index contributed by atoms with van der Waals surface area (Å²) in [6.07, 6.45) is 1.64. The van der Waals surface area contributed by atoms with Crippen LogP contribution in [0.5, 0.6) is 0 Å². The van der Waals surface area contributed by atoms with Crippen molar-refractivity contribution in [3.05, 3.63) is 0 Å². The minimum atomic E-state index is -0.326. The molecular formula is C12H23NO3. The summed E-state index contributed by atoms with van der Waals surface area (Å²) < 4.78 is 4.85. The molecule has 4 nitrogen and oxygen atoms in total. The van der Waals surface area contributed by atoms with Crippen molar-refractivity contribution in [3.8, 4) is 0 Å². The van der Waals surface area contributed by atoms with Gasteiger partial charge in [0, 0.05) is 12.5 Å². The van der Waals surface area contributed by atoms with Crippen molar-refractivity contribution >= 4 is 11.9 Å². The van der Waals surface area contributed by atoms with Gasteiger partial charge in [0.25, 0.3) is 0 Å². The second kappa shape index (κ2) is 8.13. The monoisotopic (exact) mass is 229 g/mol. The van der Waals surface area contributed by atoms with Crippen LogP contribution >= 0.6 is 0 Å². The summed E-state index contributed by atoms with van der Waals surface area (Å²) >= 11 is 0. The molecule has 0 rings (SSSR count). The molecule has 94 valence electrons. The van der Waals surface area contributed by atoms with Crippen LogP contribution in [-0.4, -0.2) is 36.5 Å². The molecule has 0 N–H and O–H groups in total. The maximum atomic E-state index is 11.9. The highest BCUT2D eigenvalue weighted by molar-refractivity contribution is 5.83. The molecule has 1 amide bonds. The zero-order valence-corrected chi connectivity index (χ0v) is 10.8. The molecule has 4 heteroatoms. The molecule has 1 unspecified atom stereocenters. The third-order valence-electron chi connectivity index (χ3n) is 2.46. The Morgan fingerprint density at radius 1 is 1.25 bits per heavy atom. The Balaban J connectivity index is 4.36. The lowest BCUT2D eigenvalue weighted by molar-refractivity contribution is -0.150. The Morgan fingerprint density at radius 3 is 2.31 bits per heavy atom. The van der Waals surface area contributed by atoms with Gasteiger partial charge in [-0.05, 0) is 19.8 Å². The zero-order valence-electron chi connectivity index (χ0n) is 10.8. The van der Waals surface area contributed by atoms with Crippen molar-refractivity contribution in [1.82, 2.24) is 4.90 Å². The van der Waals surface area contributed by atoms with Gasteiger partial charge >= 0.3 is 5.97 Å². The van der Waals surface area contributed by atoms with Gasteiger partial charge in [-0.25, -0.2) is 0 Å². The number of nitrogens with zero attached hydrogens (tertiary/aromatic N) is 1. The highest BCUT2D eigenvalue weighted by Gasteiger charge is 2.21. The van der Waals surface area contributed by atoms with E-state index in [0.717, 1.165) is 12.8 Å². The standard InChI is InChI=1S/C12H23NO3/c1-5-8-13(9-11(14)16-7-3)12(15)10(4)6-2/h10H,5-9H2,1-4H3. The second-order valence-electron chi connectivity index (χ2n) is 3.87. The molecule has 0 fully saturated rings. The lowest BCUT2D eigenvalue weighted by Gasteiger charge is -2.23. The maximum absolute atomic E-state index is 11.9. The molecule has 0 heterocycles. The quantitative estimate of drug-likeness (QED) is 0.626. The van der Waals surface area contributed by atoms with Crippen LogP contribution in [0.15, 0.2) is 0 Å². The Morgan fingerprint density at radius 2 is 1.88 bits per heavy atom. The summed E-state index contributed by atoms with van der Waals surface area (Å²) in [7, 11) is 0. The molecule has 1 atom stereocenters. The minimum Gasteiger partial charge on any atom is -0.465 e. The Hall–Kier alpha value is -1.06. The van der Waals surface area contributed by atoms with Gasteiger partial charge in [-0.2, -0.15) is 0 Å². The lowest BCUT2D eigenvalue weighted by Crippen LogP contribution is -2.39. The fourth-order valence-electron chi connectivity index (χ4n) is 1.39. The number of amides is 1. The van der Waals surface area contributed by atoms with E-state index in [9.17, 15) is 9.59 Å². The number of hydrogen-bond donors (Lipinski definition) is 0. The van der Waals surface area contributed by atoms with Crippen molar-refractivity contribution < 1.29 is 14.3 Å². The summed E-state index contributed by atoms with van der Waals surface area (Å²) in [6.45, 7) is 8.65. The van der Waals surface area contributed by atoms with Gasteiger partial charge in [-0.15, -0.1) is 0 Å². The predicted octanol–water partition coefficient (Wildman–Crippen LogP) is 1.83. The van der Waals surface area contributed by atoms with Crippen molar-refractivity contribution in [1.29, 1.82) is 0 Å². The van der Waals surface area contributed by atoms with Crippen LogP contribution in [-0.2, 0) is 14.3 Å². The molecule has 0 radical (unpaired) electrons. The molecule has 0 aromatic rings. The summed E-state index contributed by atoms with van der Waals surface area (Å²) in [5.74, 6) is -0.314. The van der Waals surface area contributed by atoms with Gasteiger partial charge < -0.3 is 9.64 Å². The number of rotatable bonds is 7. The molecular weight excluding hydrogens is 206 g/mol. The molecule has 0 saturated heterocycles. The summed E-state index contributed by atoms with van der Waals surface area (Å²) in [5.41, 5.74) is 0. The highest BCUT2D eigenvalue weighted by atomic mass is 16.5. The number of hydrogen-bond acceptors (Lipinski definition) is 3. The SMILES string of the molecule is CCCN(CC(=O)OCC)C(=O)C(C)CC. The summed E-state index contributed by atoms with van der Waals surface area (Å²) in [6, 6.07) is 0. The average Bonchev–Trinajstić information content (AvgIpc) is 2.26. The first-order valence-electron chi connectivity index (χ1n) is 6.01. The number of carbonyl (C=O) groups is 2. The second-order valence-corrected chi connectivity index (χ2v) is 3.87. The molecule has 0 saturated carbocycles. The summed E-state index contributed by atoms with van der Waals surface area (Å²) in [5, 5.41) is 0. The smallest absolute Gasteiger partial charge is 0.325 e. The van der Waals surface area contributed by atoms with E-state index in [0.29, 0.717) is 13.2 Å². The highest BCUT2D eigenvalue weighted by Crippen LogP contribution is 2.07. The lowest BCUT2D eigenvalue weighted by atomic mass is 10.1. The van der Waals surface area contributed by atoms with Crippen LogP contribution in [0.2, 0.25) is 0 Å². The molecule has 0 aliphatic heterocycles. The number of esters is 1. The Bertz CT molecular complexity index is 228. The van der Waals surface area contributed by atoms with Gasteiger partial charge in [-0.3, -0.25) is 9.59 Å². The first-order valence-corrected chi connectivity index (χ1v) is 6.01.